The van der Waals surface area contributed by atoms with Crippen LogP contribution in [0.3, 0.4) is 0 Å². The highest BCUT2D eigenvalue weighted by Crippen LogP contribution is 2.26. The van der Waals surface area contributed by atoms with Gasteiger partial charge >= 0.3 is 0 Å². The third-order valence-electron chi connectivity index (χ3n) is 5.12. The highest BCUT2D eigenvalue weighted by Gasteiger charge is 2.31. The van der Waals surface area contributed by atoms with Crippen molar-refractivity contribution in [3.8, 4) is 5.75 Å². The molecule has 1 N–H and O–H groups in total. The van der Waals surface area contributed by atoms with Gasteiger partial charge in [-0.3, -0.25) is 4.68 Å². The molecule has 0 spiro atoms. The zero-order chi connectivity index (χ0) is 19.6. The molecular formula is C19H27ClN3O3S+. The molecule has 8 heteroatoms. The molecule has 0 bridgehead atoms. The van der Waals surface area contributed by atoms with E-state index in [-0.39, 0.29) is 17.5 Å². The van der Waals surface area contributed by atoms with Gasteiger partial charge in [-0.05, 0) is 44.5 Å². The molecule has 1 saturated heterocycles. The summed E-state index contributed by atoms with van der Waals surface area (Å²) in [7, 11) is -0.793. The van der Waals surface area contributed by atoms with Gasteiger partial charge < -0.3 is 9.64 Å². The average Bonchev–Trinajstić information content (AvgIpc) is 3.10. The van der Waals surface area contributed by atoms with E-state index in [1.807, 2.05) is 42.8 Å². The Labute approximate surface area is 166 Å². The van der Waals surface area contributed by atoms with Crippen molar-refractivity contribution >= 4 is 21.4 Å². The molecule has 1 aliphatic rings. The van der Waals surface area contributed by atoms with Gasteiger partial charge in [0.15, 0.2) is 9.84 Å². The van der Waals surface area contributed by atoms with Crippen LogP contribution in [0.15, 0.2) is 24.3 Å². The van der Waals surface area contributed by atoms with Crippen LogP contribution in [-0.4, -0.2) is 49.9 Å². The van der Waals surface area contributed by atoms with Crippen LogP contribution in [-0.2, 0) is 16.4 Å². The number of nitrogens with zero attached hydrogens (tertiary/aromatic N) is 2. The smallest absolute Gasteiger partial charge is 0.152 e. The highest BCUT2D eigenvalue weighted by atomic mass is 35.5. The molecule has 2 atom stereocenters. The maximum absolute atomic E-state index is 11.8. The maximum atomic E-state index is 11.8. The fourth-order valence-electron chi connectivity index (χ4n) is 3.54. The van der Waals surface area contributed by atoms with E-state index in [1.165, 1.54) is 10.5 Å². The molecule has 6 nitrogen and oxygen atoms in total. The number of likely N-dealkylation sites (N-methyl/N-ethyl adjacent to an activating group) is 1. The Morgan fingerprint density at radius 3 is 2.63 bits per heavy atom. The largest absolute Gasteiger partial charge is 0.488 e. The van der Waals surface area contributed by atoms with Gasteiger partial charge in [-0.1, -0.05) is 11.6 Å². The summed E-state index contributed by atoms with van der Waals surface area (Å²) in [6.45, 7) is 6.34. The molecular weight excluding hydrogens is 386 g/mol. The summed E-state index contributed by atoms with van der Waals surface area (Å²) >= 11 is 5.88. The van der Waals surface area contributed by atoms with Gasteiger partial charge in [0.1, 0.15) is 25.4 Å². The van der Waals surface area contributed by atoms with Crippen molar-refractivity contribution in [2.75, 3.05) is 31.7 Å². The summed E-state index contributed by atoms with van der Waals surface area (Å²) in [5.74, 6) is 1.28. The highest BCUT2D eigenvalue weighted by molar-refractivity contribution is 7.91. The monoisotopic (exact) mass is 412 g/mol. The van der Waals surface area contributed by atoms with Gasteiger partial charge in [0, 0.05) is 10.7 Å². The van der Waals surface area contributed by atoms with E-state index < -0.39 is 9.84 Å². The number of quaternary nitrogens is 1. The molecule has 2 aromatic rings. The van der Waals surface area contributed by atoms with Crippen molar-refractivity contribution in [2.24, 2.45) is 0 Å². The summed E-state index contributed by atoms with van der Waals surface area (Å²) in [6, 6.07) is 7.34. The Kier molecular flexibility index (Phi) is 6.13. The second kappa shape index (κ2) is 8.20. The van der Waals surface area contributed by atoms with Gasteiger partial charge in [-0.25, -0.2) is 8.42 Å². The first kappa shape index (κ1) is 20.2. The molecule has 2 heterocycles. The molecule has 27 heavy (non-hydrogen) atoms. The Morgan fingerprint density at radius 2 is 2.00 bits per heavy atom. The summed E-state index contributed by atoms with van der Waals surface area (Å²) < 4.78 is 31.3. The third-order valence-corrected chi connectivity index (χ3v) is 7.12. The lowest BCUT2D eigenvalue weighted by atomic mass is 10.1. The Hall–Kier alpha value is -1.57. The molecule has 0 radical (unpaired) electrons. The fourth-order valence-corrected chi connectivity index (χ4v) is 5.36. The number of ether oxygens (including phenoxy) is 1. The molecule has 0 saturated carbocycles. The van der Waals surface area contributed by atoms with Crippen LogP contribution in [0.2, 0.25) is 5.02 Å². The number of benzene rings is 1. The maximum Gasteiger partial charge on any atom is 0.152 e. The zero-order valence-electron chi connectivity index (χ0n) is 16.0. The molecule has 3 rings (SSSR count). The Morgan fingerprint density at radius 1 is 1.30 bits per heavy atom. The molecule has 1 aromatic carbocycles. The minimum absolute atomic E-state index is 0.0315. The molecule has 148 valence electrons. The van der Waals surface area contributed by atoms with E-state index >= 15 is 0 Å². The van der Waals surface area contributed by atoms with Crippen LogP contribution in [0, 0.1) is 13.8 Å². The summed E-state index contributed by atoms with van der Waals surface area (Å²) in [4.78, 5) is 1.31. The second-order valence-electron chi connectivity index (χ2n) is 7.34. The minimum Gasteiger partial charge on any atom is -0.488 e. The van der Waals surface area contributed by atoms with Crippen LogP contribution in [0.4, 0.5) is 0 Å². The van der Waals surface area contributed by atoms with Gasteiger partial charge in [-0.2, -0.15) is 5.10 Å². The Balaban J connectivity index is 1.57. The topological polar surface area (TPSA) is 65.6 Å². The minimum atomic E-state index is -2.92. The molecule has 1 aromatic heterocycles. The van der Waals surface area contributed by atoms with E-state index in [1.54, 1.807) is 0 Å². The number of halogens is 1. The van der Waals surface area contributed by atoms with Crippen molar-refractivity contribution in [1.82, 2.24) is 9.78 Å². The predicted octanol–water partition coefficient (Wildman–Crippen LogP) is 1.61. The number of sulfone groups is 1. The van der Waals surface area contributed by atoms with E-state index in [4.69, 9.17) is 16.3 Å². The van der Waals surface area contributed by atoms with Crippen LogP contribution in [0.25, 0.3) is 0 Å². The third kappa shape index (κ3) is 5.03. The number of rotatable bonds is 7. The van der Waals surface area contributed by atoms with Crippen molar-refractivity contribution in [1.29, 1.82) is 0 Å². The number of aryl methyl sites for hydroxylation is 1. The normalized spacial score (nSPS) is 19.9. The molecule has 1 unspecified atom stereocenters. The standard InChI is InChI=1S/C19H26ClN3O3S/c1-14-19(15(2)23(21-14)17-8-11-27(24,25)13-17)12-22(3)9-10-26-18-6-4-16(20)5-7-18/h4-7,17H,8-13H2,1-3H3/p+1/t17-/m1/s1. The second-order valence-corrected chi connectivity index (χ2v) is 10.0. The number of aromatic nitrogens is 2. The molecule has 1 fully saturated rings. The van der Waals surface area contributed by atoms with Gasteiger partial charge in [0.2, 0.25) is 0 Å². The van der Waals surface area contributed by atoms with E-state index in [2.05, 4.69) is 12.1 Å². The van der Waals surface area contributed by atoms with Gasteiger partial charge in [0.05, 0.1) is 35.9 Å². The first-order valence-electron chi connectivity index (χ1n) is 9.20. The van der Waals surface area contributed by atoms with Crippen LogP contribution in [0.1, 0.15) is 29.4 Å². The summed E-state index contributed by atoms with van der Waals surface area (Å²) in [5.41, 5.74) is 3.26. The van der Waals surface area contributed by atoms with Crippen LogP contribution < -0.4 is 9.64 Å². The summed E-state index contributed by atoms with van der Waals surface area (Å²) in [6.07, 6.45) is 0.654. The van der Waals surface area contributed by atoms with Crippen LogP contribution >= 0.6 is 11.6 Å². The van der Waals surface area contributed by atoms with Crippen LogP contribution in [0.5, 0.6) is 5.75 Å². The number of hydrogen-bond donors (Lipinski definition) is 1. The molecule has 0 aliphatic carbocycles. The van der Waals surface area contributed by atoms with Crippen molar-refractivity contribution in [2.45, 2.75) is 32.9 Å². The molecule has 1 aliphatic heterocycles. The van der Waals surface area contributed by atoms with Crippen molar-refractivity contribution < 1.29 is 18.1 Å². The number of nitrogens with one attached hydrogen (secondary N) is 1. The summed E-state index contributed by atoms with van der Waals surface area (Å²) in [5, 5.41) is 5.34. The van der Waals surface area contributed by atoms with Gasteiger partial charge in [0.25, 0.3) is 0 Å². The SMILES string of the molecule is Cc1nn([C@@H]2CCS(=O)(=O)C2)c(C)c1C[NH+](C)CCOc1ccc(Cl)cc1. The first-order chi connectivity index (χ1) is 12.7. The lowest BCUT2D eigenvalue weighted by molar-refractivity contribution is -0.893. The predicted molar refractivity (Wildman–Crippen MR) is 106 cm³/mol. The van der Waals surface area contributed by atoms with E-state index in [9.17, 15) is 8.42 Å². The Bertz CT molecular complexity index is 894. The molecule has 0 amide bonds. The average molecular weight is 413 g/mol. The lowest BCUT2D eigenvalue weighted by Gasteiger charge is -2.16. The fraction of sp³-hybridized carbons (Fsp3) is 0.526. The van der Waals surface area contributed by atoms with E-state index in [0.717, 1.165) is 30.2 Å². The first-order valence-corrected chi connectivity index (χ1v) is 11.4. The van der Waals surface area contributed by atoms with Gasteiger partial charge in [-0.15, -0.1) is 0 Å². The van der Waals surface area contributed by atoms with Crippen molar-refractivity contribution in [3.05, 3.63) is 46.2 Å². The zero-order valence-corrected chi connectivity index (χ0v) is 17.6. The lowest BCUT2D eigenvalue weighted by Crippen LogP contribution is -3.08. The van der Waals surface area contributed by atoms with Crippen molar-refractivity contribution in [3.63, 3.8) is 0 Å². The quantitative estimate of drug-likeness (QED) is 0.750. The number of hydrogen-bond acceptors (Lipinski definition) is 4. The van der Waals surface area contributed by atoms with E-state index in [0.29, 0.717) is 18.1 Å².